The van der Waals surface area contributed by atoms with Crippen molar-refractivity contribution in [3.63, 3.8) is 0 Å². The highest BCUT2D eigenvalue weighted by molar-refractivity contribution is 5.96. The normalized spacial score (nSPS) is 11.9. The summed E-state index contributed by atoms with van der Waals surface area (Å²) >= 11 is 0. The number of carbonyl (C=O) groups is 2. The van der Waals surface area contributed by atoms with Crippen molar-refractivity contribution in [3.05, 3.63) is 34.9 Å². The fourth-order valence-corrected chi connectivity index (χ4v) is 2.61. The van der Waals surface area contributed by atoms with Crippen LogP contribution in [0.1, 0.15) is 90.2 Å². The number of carbonyl (C=O) groups excluding carboxylic acids is 2. The molecule has 0 aliphatic carbocycles. The quantitative estimate of drug-likeness (QED) is 0.525. The van der Waals surface area contributed by atoms with Crippen LogP contribution < -0.4 is 10.6 Å². The molecule has 0 aromatic heterocycles. The number of ether oxygens (including phenoxy) is 1. The Bertz CT molecular complexity index is 810. The van der Waals surface area contributed by atoms with Crippen molar-refractivity contribution in [2.75, 3.05) is 13.1 Å². The van der Waals surface area contributed by atoms with Crippen molar-refractivity contribution in [2.24, 2.45) is 5.41 Å². The van der Waals surface area contributed by atoms with E-state index in [0.29, 0.717) is 25.1 Å². The molecular formula is C25H38N2O3. The van der Waals surface area contributed by atoms with E-state index >= 15 is 0 Å². The lowest BCUT2D eigenvalue weighted by atomic mass is 9.82. The topological polar surface area (TPSA) is 67.4 Å². The van der Waals surface area contributed by atoms with Gasteiger partial charge in [-0.05, 0) is 71.1 Å². The van der Waals surface area contributed by atoms with Gasteiger partial charge >= 0.3 is 6.09 Å². The van der Waals surface area contributed by atoms with E-state index < -0.39 is 11.7 Å². The molecule has 5 nitrogen and oxygen atoms in total. The first kappa shape index (κ1) is 25.6. The SMILES string of the molecule is CC(C)(C)C#Cc1ccc(C(C)(C)C)c(C(=O)NCCCNC(=O)OC(C)(C)C)c1. The molecule has 0 radical (unpaired) electrons. The van der Waals surface area contributed by atoms with Gasteiger partial charge in [0.1, 0.15) is 5.60 Å². The first-order valence-electron chi connectivity index (χ1n) is 10.5. The van der Waals surface area contributed by atoms with Gasteiger partial charge < -0.3 is 15.4 Å². The molecule has 0 spiro atoms. The number of hydrogen-bond donors (Lipinski definition) is 2. The zero-order valence-corrected chi connectivity index (χ0v) is 20.1. The second-order valence-electron chi connectivity index (χ2n) is 10.5. The molecule has 30 heavy (non-hydrogen) atoms. The van der Waals surface area contributed by atoms with Gasteiger partial charge in [-0.3, -0.25) is 4.79 Å². The molecule has 1 rings (SSSR count). The zero-order chi connectivity index (χ0) is 23.2. The number of hydrogen-bond acceptors (Lipinski definition) is 3. The first-order chi connectivity index (χ1) is 13.6. The van der Waals surface area contributed by atoms with E-state index in [2.05, 4.69) is 64.0 Å². The van der Waals surface area contributed by atoms with Gasteiger partial charge in [-0.25, -0.2) is 4.79 Å². The summed E-state index contributed by atoms with van der Waals surface area (Å²) in [5.74, 6) is 6.26. The maximum Gasteiger partial charge on any atom is 0.407 e. The molecule has 0 aliphatic rings. The van der Waals surface area contributed by atoms with Crippen LogP contribution in [0, 0.1) is 17.3 Å². The van der Waals surface area contributed by atoms with Crippen LogP contribution in [0.3, 0.4) is 0 Å². The molecule has 0 aliphatic heterocycles. The van der Waals surface area contributed by atoms with Crippen molar-refractivity contribution in [3.8, 4) is 11.8 Å². The fraction of sp³-hybridized carbons (Fsp3) is 0.600. The Kier molecular flexibility index (Phi) is 8.53. The van der Waals surface area contributed by atoms with Crippen molar-refractivity contribution in [1.29, 1.82) is 0 Å². The lowest BCUT2D eigenvalue weighted by molar-refractivity contribution is 0.0527. The average molecular weight is 415 g/mol. The molecule has 2 amide bonds. The molecule has 0 atom stereocenters. The molecule has 1 aromatic carbocycles. The van der Waals surface area contributed by atoms with Crippen LogP contribution in [0.2, 0.25) is 0 Å². The molecular weight excluding hydrogens is 376 g/mol. The highest BCUT2D eigenvalue weighted by Crippen LogP contribution is 2.27. The highest BCUT2D eigenvalue weighted by atomic mass is 16.6. The summed E-state index contributed by atoms with van der Waals surface area (Å²) in [6.45, 7) is 18.8. The Morgan fingerprint density at radius 2 is 1.53 bits per heavy atom. The Balaban J connectivity index is 2.79. The highest BCUT2D eigenvalue weighted by Gasteiger charge is 2.22. The van der Waals surface area contributed by atoms with Crippen LogP contribution >= 0.6 is 0 Å². The molecule has 5 heteroatoms. The standard InChI is InChI=1S/C25H38N2O3/c1-23(2,3)14-13-18-11-12-20(24(4,5)6)19(17-18)21(28)26-15-10-16-27-22(29)30-25(7,8)9/h11-12,17H,10,15-16H2,1-9H3,(H,26,28)(H,27,29). The van der Waals surface area contributed by atoms with Gasteiger partial charge in [0.2, 0.25) is 0 Å². The Morgan fingerprint density at radius 3 is 2.07 bits per heavy atom. The molecule has 0 bridgehead atoms. The Labute approximate surface area is 182 Å². The molecule has 166 valence electrons. The second-order valence-corrected chi connectivity index (χ2v) is 10.5. The minimum atomic E-state index is -0.525. The number of alkyl carbamates (subject to hydrolysis) is 1. The van der Waals surface area contributed by atoms with E-state index in [1.165, 1.54) is 0 Å². The largest absolute Gasteiger partial charge is 0.444 e. The molecule has 0 fully saturated rings. The summed E-state index contributed by atoms with van der Waals surface area (Å²) in [7, 11) is 0. The fourth-order valence-electron chi connectivity index (χ4n) is 2.61. The molecule has 0 saturated carbocycles. The zero-order valence-electron chi connectivity index (χ0n) is 20.1. The first-order valence-corrected chi connectivity index (χ1v) is 10.5. The maximum absolute atomic E-state index is 12.9. The molecule has 2 N–H and O–H groups in total. The van der Waals surface area contributed by atoms with Gasteiger partial charge in [0.15, 0.2) is 0 Å². The summed E-state index contributed by atoms with van der Waals surface area (Å²) in [6, 6.07) is 5.83. The minimum absolute atomic E-state index is 0.105. The van der Waals surface area contributed by atoms with E-state index in [4.69, 9.17) is 4.74 Å². The summed E-state index contributed by atoms with van der Waals surface area (Å²) in [5, 5.41) is 5.65. The van der Waals surface area contributed by atoms with Crippen LogP contribution in [0.5, 0.6) is 0 Å². The van der Waals surface area contributed by atoms with E-state index in [-0.39, 0.29) is 16.7 Å². The van der Waals surface area contributed by atoms with Gasteiger partial charge in [-0.1, -0.05) is 38.7 Å². The van der Waals surface area contributed by atoms with E-state index in [0.717, 1.165) is 11.1 Å². The molecule has 0 unspecified atom stereocenters. The van der Waals surface area contributed by atoms with Gasteiger partial charge in [-0.15, -0.1) is 0 Å². The van der Waals surface area contributed by atoms with Gasteiger partial charge in [0, 0.05) is 29.6 Å². The van der Waals surface area contributed by atoms with Crippen molar-refractivity contribution in [2.45, 2.75) is 79.8 Å². The van der Waals surface area contributed by atoms with Crippen molar-refractivity contribution in [1.82, 2.24) is 10.6 Å². The lowest BCUT2D eigenvalue weighted by Crippen LogP contribution is -2.34. The third kappa shape index (κ3) is 9.82. The summed E-state index contributed by atoms with van der Waals surface area (Å²) in [6.07, 6.45) is 0.160. The second kappa shape index (κ2) is 10.0. The van der Waals surface area contributed by atoms with Crippen molar-refractivity contribution < 1.29 is 14.3 Å². The molecule has 1 aromatic rings. The maximum atomic E-state index is 12.9. The third-order valence-corrected chi connectivity index (χ3v) is 3.96. The Morgan fingerprint density at radius 1 is 0.933 bits per heavy atom. The summed E-state index contributed by atoms with van der Waals surface area (Å²) in [4.78, 5) is 24.5. The lowest BCUT2D eigenvalue weighted by Gasteiger charge is -2.23. The van der Waals surface area contributed by atoms with Crippen LogP contribution in [-0.2, 0) is 10.2 Å². The van der Waals surface area contributed by atoms with E-state index in [1.807, 2.05) is 39.0 Å². The van der Waals surface area contributed by atoms with Gasteiger partial charge in [0.25, 0.3) is 5.91 Å². The van der Waals surface area contributed by atoms with Crippen LogP contribution in [0.4, 0.5) is 4.79 Å². The van der Waals surface area contributed by atoms with E-state index in [9.17, 15) is 9.59 Å². The molecule has 0 saturated heterocycles. The Hall–Kier alpha value is -2.48. The number of rotatable bonds is 5. The smallest absolute Gasteiger partial charge is 0.407 e. The van der Waals surface area contributed by atoms with Crippen molar-refractivity contribution >= 4 is 12.0 Å². The van der Waals surface area contributed by atoms with Crippen LogP contribution in [0.25, 0.3) is 0 Å². The minimum Gasteiger partial charge on any atom is -0.444 e. The summed E-state index contributed by atoms with van der Waals surface area (Å²) in [5.41, 5.74) is 1.65. The predicted octanol–water partition coefficient (Wildman–Crippen LogP) is 5.03. The number of nitrogens with one attached hydrogen (secondary N) is 2. The third-order valence-electron chi connectivity index (χ3n) is 3.96. The van der Waals surface area contributed by atoms with Crippen LogP contribution in [0.15, 0.2) is 18.2 Å². The summed E-state index contributed by atoms with van der Waals surface area (Å²) < 4.78 is 5.20. The predicted molar refractivity (Wildman–Crippen MR) is 123 cm³/mol. The molecule has 0 heterocycles. The van der Waals surface area contributed by atoms with Gasteiger partial charge in [-0.2, -0.15) is 0 Å². The van der Waals surface area contributed by atoms with E-state index in [1.54, 1.807) is 0 Å². The number of benzene rings is 1. The van der Waals surface area contributed by atoms with Gasteiger partial charge in [0.05, 0.1) is 0 Å². The monoisotopic (exact) mass is 414 g/mol. The van der Waals surface area contributed by atoms with Crippen LogP contribution in [-0.4, -0.2) is 30.7 Å². The number of amides is 2. The average Bonchev–Trinajstić information content (AvgIpc) is 2.56.